The second kappa shape index (κ2) is 14.3. The first-order valence-electron chi connectivity index (χ1n) is 12.7. The quantitative estimate of drug-likeness (QED) is 0.289. The van der Waals surface area contributed by atoms with E-state index < -0.39 is 17.7 Å². The van der Waals surface area contributed by atoms with E-state index in [9.17, 15) is 14.4 Å². The number of para-hydroxylation sites is 1. The maximum absolute atomic E-state index is 13.0. The van der Waals surface area contributed by atoms with E-state index in [1.165, 1.54) is 12.1 Å². The zero-order valence-electron chi connectivity index (χ0n) is 22.5. The Balaban J connectivity index is 1.71. The Labute approximate surface area is 227 Å². The van der Waals surface area contributed by atoms with Crippen LogP contribution in [0.25, 0.3) is 0 Å². The number of carbonyl (C=O) groups is 3. The molecule has 0 aliphatic heterocycles. The first kappa shape index (κ1) is 28.8. The highest BCUT2D eigenvalue weighted by molar-refractivity contribution is 6.09. The fourth-order valence-corrected chi connectivity index (χ4v) is 3.62. The van der Waals surface area contributed by atoms with Crippen molar-refractivity contribution < 1.29 is 33.3 Å². The summed E-state index contributed by atoms with van der Waals surface area (Å²) in [5, 5.41) is 2.75. The number of anilines is 1. The third-order valence-corrected chi connectivity index (χ3v) is 5.32. The van der Waals surface area contributed by atoms with Gasteiger partial charge in [-0.2, -0.15) is 0 Å². The molecule has 3 aromatic rings. The first-order chi connectivity index (χ1) is 18.9. The number of carbonyl (C=O) groups excluding carboxylic acids is 3. The van der Waals surface area contributed by atoms with E-state index in [1.807, 2.05) is 27.7 Å². The molecule has 206 valence electrons. The van der Waals surface area contributed by atoms with Crippen LogP contribution in [0, 0.1) is 0 Å². The standard InChI is InChI=1S/C29H33N3O7/c1-5-36-23-15-13-19(17-25(23)38-7-3)27(33)30-22-12-10-9-11-21(22)29(35)32-31-28(34)20-14-16-24(37-6-2)26(18-20)39-8-4/h9-18H,5-8H2,1-4H3,(H,30,33)(H,31,34)(H,32,35). The smallest absolute Gasteiger partial charge is 0.271 e. The summed E-state index contributed by atoms with van der Waals surface area (Å²) >= 11 is 0. The number of hydrazine groups is 1. The maximum atomic E-state index is 13.0. The normalized spacial score (nSPS) is 10.3. The van der Waals surface area contributed by atoms with Crippen LogP contribution >= 0.6 is 0 Å². The van der Waals surface area contributed by atoms with Gasteiger partial charge in [0.2, 0.25) is 0 Å². The van der Waals surface area contributed by atoms with Crippen molar-refractivity contribution in [2.45, 2.75) is 27.7 Å². The molecule has 39 heavy (non-hydrogen) atoms. The molecule has 0 spiro atoms. The Morgan fingerprint density at radius 3 is 1.56 bits per heavy atom. The molecular weight excluding hydrogens is 502 g/mol. The van der Waals surface area contributed by atoms with Crippen molar-refractivity contribution in [1.29, 1.82) is 0 Å². The van der Waals surface area contributed by atoms with E-state index in [-0.39, 0.29) is 16.8 Å². The minimum Gasteiger partial charge on any atom is -0.490 e. The van der Waals surface area contributed by atoms with Crippen LogP contribution in [0.1, 0.15) is 58.8 Å². The summed E-state index contributed by atoms with van der Waals surface area (Å²) in [6.45, 7) is 9.08. The number of nitrogens with one attached hydrogen (secondary N) is 3. The summed E-state index contributed by atoms with van der Waals surface area (Å²) in [7, 11) is 0. The van der Waals surface area contributed by atoms with E-state index in [0.717, 1.165) is 0 Å². The van der Waals surface area contributed by atoms with Gasteiger partial charge in [-0.3, -0.25) is 25.2 Å². The molecule has 0 aliphatic carbocycles. The molecule has 3 aromatic carbocycles. The average Bonchev–Trinajstić information content (AvgIpc) is 2.94. The molecule has 0 aromatic heterocycles. The third kappa shape index (κ3) is 7.64. The van der Waals surface area contributed by atoms with Crippen LogP contribution in [0.2, 0.25) is 0 Å². The molecule has 10 nitrogen and oxygen atoms in total. The van der Waals surface area contributed by atoms with Gasteiger partial charge in [-0.15, -0.1) is 0 Å². The fourth-order valence-electron chi connectivity index (χ4n) is 3.62. The van der Waals surface area contributed by atoms with Gasteiger partial charge in [0.1, 0.15) is 0 Å². The average molecular weight is 536 g/mol. The van der Waals surface area contributed by atoms with E-state index in [1.54, 1.807) is 48.5 Å². The zero-order chi connectivity index (χ0) is 28.2. The van der Waals surface area contributed by atoms with Crippen molar-refractivity contribution in [3.8, 4) is 23.0 Å². The highest BCUT2D eigenvalue weighted by Gasteiger charge is 2.18. The van der Waals surface area contributed by atoms with Gasteiger partial charge >= 0.3 is 0 Å². The molecule has 3 amide bonds. The predicted octanol–water partition coefficient (Wildman–Crippen LogP) is 4.61. The van der Waals surface area contributed by atoms with Gasteiger partial charge in [0.25, 0.3) is 17.7 Å². The molecule has 0 fully saturated rings. The van der Waals surface area contributed by atoms with Crippen molar-refractivity contribution in [3.63, 3.8) is 0 Å². The summed E-state index contributed by atoms with van der Waals surface area (Å²) in [6.07, 6.45) is 0. The molecule has 0 saturated carbocycles. The molecule has 0 atom stereocenters. The number of hydrogen-bond donors (Lipinski definition) is 3. The molecule has 0 unspecified atom stereocenters. The maximum Gasteiger partial charge on any atom is 0.271 e. The summed E-state index contributed by atoms with van der Waals surface area (Å²) in [5.41, 5.74) is 5.80. The highest BCUT2D eigenvalue weighted by atomic mass is 16.5. The first-order valence-corrected chi connectivity index (χ1v) is 12.7. The van der Waals surface area contributed by atoms with E-state index in [2.05, 4.69) is 16.2 Å². The molecule has 0 saturated heterocycles. The Kier molecular flexibility index (Phi) is 10.6. The van der Waals surface area contributed by atoms with Crippen molar-refractivity contribution in [2.24, 2.45) is 0 Å². The minimum absolute atomic E-state index is 0.156. The Morgan fingerprint density at radius 1 is 0.564 bits per heavy atom. The Bertz CT molecular complexity index is 1310. The van der Waals surface area contributed by atoms with E-state index in [4.69, 9.17) is 18.9 Å². The van der Waals surface area contributed by atoms with Gasteiger partial charge < -0.3 is 24.3 Å². The van der Waals surface area contributed by atoms with Crippen LogP contribution in [0.15, 0.2) is 60.7 Å². The lowest BCUT2D eigenvalue weighted by atomic mass is 10.1. The van der Waals surface area contributed by atoms with Gasteiger partial charge in [-0.05, 0) is 76.2 Å². The lowest BCUT2D eigenvalue weighted by Gasteiger charge is -2.15. The number of benzene rings is 3. The molecule has 0 heterocycles. The molecule has 0 bridgehead atoms. The molecule has 0 aliphatic rings. The highest BCUT2D eigenvalue weighted by Crippen LogP contribution is 2.30. The Morgan fingerprint density at radius 2 is 1.03 bits per heavy atom. The number of rotatable bonds is 12. The molecule has 3 N–H and O–H groups in total. The lowest BCUT2D eigenvalue weighted by Crippen LogP contribution is -2.41. The number of ether oxygens (including phenoxy) is 4. The molecule has 3 rings (SSSR count). The van der Waals surface area contributed by atoms with Crippen LogP contribution in [0.4, 0.5) is 5.69 Å². The van der Waals surface area contributed by atoms with Crippen LogP contribution in [-0.4, -0.2) is 44.1 Å². The van der Waals surface area contributed by atoms with E-state index in [0.29, 0.717) is 55.0 Å². The van der Waals surface area contributed by atoms with Gasteiger partial charge in [-0.25, -0.2) is 0 Å². The number of amides is 3. The third-order valence-electron chi connectivity index (χ3n) is 5.32. The van der Waals surface area contributed by atoms with Gasteiger partial charge in [0, 0.05) is 11.1 Å². The zero-order valence-corrected chi connectivity index (χ0v) is 22.5. The van der Waals surface area contributed by atoms with Gasteiger partial charge in [0.15, 0.2) is 23.0 Å². The fraction of sp³-hybridized carbons (Fsp3) is 0.276. The summed E-state index contributed by atoms with van der Waals surface area (Å²) in [4.78, 5) is 38.6. The Hall–Kier alpha value is -4.73. The van der Waals surface area contributed by atoms with Crippen molar-refractivity contribution in [2.75, 3.05) is 31.7 Å². The summed E-state index contributed by atoms with van der Waals surface area (Å²) in [6, 6.07) is 16.1. The monoisotopic (exact) mass is 535 g/mol. The van der Waals surface area contributed by atoms with Gasteiger partial charge in [-0.1, -0.05) is 12.1 Å². The number of hydrogen-bond acceptors (Lipinski definition) is 7. The minimum atomic E-state index is -0.614. The molecule has 0 radical (unpaired) electrons. The largest absolute Gasteiger partial charge is 0.490 e. The summed E-state index contributed by atoms with van der Waals surface area (Å²) in [5.74, 6) is 0.318. The SMILES string of the molecule is CCOc1ccc(C(=O)NNC(=O)c2ccccc2NC(=O)c2ccc(OCC)c(OCC)c2)cc1OCC. The molecular formula is C29H33N3O7. The van der Waals surface area contributed by atoms with Crippen molar-refractivity contribution in [1.82, 2.24) is 10.9 Å². The van der Waals surface area contributed by atoms with Crippen LogP contribution < -0.4 is 35.1 Å². The summed E-state index contributed by atoms with van der Waals surface area (Å²) < 4.78 is 22.2. The second-order valence-electron chi connectivity index (χ2n) is 7.96. The predicted molar refractivity (Wildman–Crippen MR) is 147 cm³/mol. The second-order valence-corrected chi connectivity index (χ2v) is 7.96. The topological polar surface area (TPSA) is 124 Å². The van der Waals surface area contributed by atoms with E-state index >= 15 is 0 Å². The van der Waals surface area contributed by atoms with Crippen LogP contribution in [0.5, 0.6) is 23.0 Å². The van der Waals surface area contributed by atoms with Crippen LogP contribution in [0.3, 0.4) is 0 Å². The van der Waals surface area contributed by atoms with Crippen molar-refractivity contribution in [3.05, 3.63) is 77.4 Å². The van der Waals surface area contributed by atoms with Crippen LogP contribution in [-0.2, 0) is 0 Å². The van der Waals surface area contributed by atoms with Gasteiger partial charge in [0.05, 0.1) is 37.7 Å². The lowest BCUT2D eigenvalue weighted by molar-refractivity contribution is 0.0846. The van der Waals surface area contributed by atoms with Crippen molar-refractivity contribution >= 4 is 23.4 Å². The molecule has 10 heteroatoms.